The van der Waals surface area contributed by atoms with Crippen molar-refractivity contribution in [2.75, 3.05) is 12.0 Å². The fourth-order valence-corrected chi connectivity index (χ4v) is 6.63. The van der Waals surface area contributed by atoms with Gasteiger partial charge in [0.05, 0.1) is 30.2 Å². The van der Waals surface area contributed by atoms with E-state index in [-0.39, 0.29) is 17.9 Å². The summed E-state index contributed by atoms with van der Waals surface area (Å²) in [6.45, 7) is 0.692. The van der Waals surface area contributed by atoms with Gasteiger partial charge in [0.1, 0.15) is 11.9 Å². The molecule has 0 saturated heterocycles. The number of ether oxygens (including phenoxy) is 2. The van der Waals surface area contributed by atoms with Crippen LogP contribution in [0.25, 0.3) is 5.57 Å². The standard InChI is InChI=1S/C34H26ClNO3/c1-38-32-29-28(33-30(32)27(34(37)39-33)22-13-7-3-8-14-22)25-19-24(35)17-18-26(25)36(20-21-11-5-2-6-12-21)31(29)23-15-9-4-10-16-23/h2-19,28,31,33H,20H2,1H3/t28-,31+,33+/m1/s1. The highest BCUT2D eigenvalue weighted by Gasteiger charge is 2.55. The molecule has 7 rings (SSSR count). The normalized spacial score (nSPS) is 21.4. The van der Waals surface area contributed by atoms with Gasteiger partial charge < -0.3 is 14.4 Å². The van der Waals surface area contributed by atoms with Gasteiger partial charge in [-0.3, -0.25) is 0 Å². The summed E-state index contributed by atoms with van der Waals surface area (Å²) in [4.78, 5) is 15.8. The number of anilines is 1. The fourth-order valence-electron chi connectivity index (χ4n) is 6.45. The lowest BCUT2D eigenvalue weighted by molar-refractivity contribution is -0.138. The van der Waals surface area contributed by atoms with Gasteiger partial charge in [0.2, 0.25) is 0 Å². The van der Waals surface area contributed by atoms with E-state index >= 15 is 0 Å². The summed E-state index contributed by atoms with van der Waals surface area (Å²) in [7, 11) is 1.69. The maximum absolute atomic E-state index is 13.4. The maximum atomic E-state index is 13.4. The zero-order valence-corrected chi connectivity index (χ0v) is 22.1. The summed E-state index contributed by atoms with van der Waals surface area (Å²) in [5, 5.41) is 0.648. The van der Waals surface area contributed by atoms with Gasteiger partial charge in [0.15, 0.2) is 0 Å². The molecule has 3 aliphatic rings. The predicted octanol–water partition coefficient (Wildman–Crippen LogP) is 7.48. The average Bonchev–Trinajstić information content (AvgIpc) is 3.46. The van der Waals surface area contributed by atoms with Gasteiger partial charge in [-0.15, -0.1) is 0 Å². The van der Waals surface area contributed by atoms with Crippen molar-refractivity contribution in [3.05, 3.63) is 153 Å². The van der Waals surface area contributed by atoms with Crippen molar-refractivity contribution in [1.29, 1.82) is 0 Å². The third-order valence-electron chi connectivity index (χ3n) is 7.95. The molecule has 0 bridgehead atoms. The number of hydrogen-bond acceptors (Lipinski definition) is 4. The number of esters is 1. The summed E-state index contributed by atoms with van der Waals surface area (Å²) < 4.78 is 12.4. The largest absolute Gasteiger partial charge is 0.496 e. The smallest absolute Gasteiger partial charge is 0.339 e. The minimum absolute atomic E-state index is 0.131. The Balaban J connectivity index is 1.53. The van der Waals surface area contributed by atoms with Crippen LogP contribution in [-0.4, -0.2) is 19.2 Å². The Hall–Kier alpha value is -4.28. The molecule has 0 amide bonds. The molecule has 0 saturated carbocycles. The number of carbonyl (C=O) groups excluding carboxylic acids is 1. The number of carbonyl (C=O) groups is 1. The summed E-state index contributed by atoms with van der Waals surface area (Å²) in [6.07, 6.45) is -0.486. The second kappa shape index (κ2) is 9.48. The summed E-state index contributed by atoms with van der Waals surface area (Å²) in [5.74, 6) is 0.194. The van der Waals surface area contributed by atoms with E-state index in [1.165, 1.54) is 5.56 Å². The lowest BCUT2D eigenvalue weighted by Crippen LogP contribution is -2.38. The van der Waals surface area contributed by atoms with E-state index in [0.29, 0.717) is 17.1 Å². The Morgan fingerprint density at radius 3 is 2.23 bits per heavy atom. The molecule has 0 N–H and O–H groups in total. The molecule has 0 unspecified atom stereocenters. The van der Waals surface area contributed by atoms with Crippen LogP contribution in [0, 0.1) is 0 Å². The number of methoxy groups -OCH3 is 1. The van der Waals surface area contributed by atoms with Gasteiger partial charge >= 0.3 is 5.97 Å². The van der Waals surface area contributed by atoms with Crippen LogP contribution in [0.15, 0.2) is 126 Å². The number of halogens is 1. The molecule has 4 nitrogen and oxygen atoms in total. The first kappa shape index (κ1) is 23.8. The lowest BCUT2D eigenvalue weighted by Gasteiger charge is -2.44. The number of hydrogen-bond donors (Lipinski definition) is 0. The number of benzene rings is 4. The topological polar surface area (TPSA) is 38.8 Å². The van der Waals surface area contributed by atoms with E-state index in [2.05, 4.69) is 59.5 Å². The molecular weight excluding hydrogens is 506 g/mol. The van der Waals surface area contributed by atoms with Gasteiger partial charge in [-0.25, -0.2) is 4.79 Å². The molecule has 4 aromatic carbocycles. The average molecular weight is 532 g/mol. The van der Waals surface area contributed by atoms with E-state index in [0.717, 1.165) is 39.3 Å². The molecule has 5 heteroatoms. The molecule has 0 spiro atoms. The quantitative estimate of drug-likeness (QED) is 0.250. The first-order valence-electron chi connectivity index (χ1n) is 13.1. The van der Waals surface area contributed by atoms with Gasteiger partial charge in [0, 0.05) is 22.8 Å². The van der Waals surface area contributed by atoms with Crippen LogP contribution >= 0.6 is 11.6 Å². The third-order valence-corrected chi connectivity index (χ3v) is 8.19. The zero-order valence-electron chi connectivity index (χ0n) is 21.4. The molecular formula is C34H26ClNO3. The third kappa shape index (κ3) is 3.78. The van der Waals surface area contributed by atoms with Crippen LogP contribution in [0.5, 0.6) is 0 Å². The first-order chi connectivity index (χ1) is 19.2. The maximum Gasteiger partial charge on any atom is 0.339 e. The first-order valence-corrected chi connectivity index (χ1v) is 13.5. The molecule has 0 aromatic heterocycles. The van der Waals surface area contributed by atoms with Crippen molar-refractivity contribution in [3.63, 3.8) is 0 Å². The van der Waals surface area contributed by atoms with Crippen molar-refractivity contribution in [1.82, 2.24) is 0 Å². The van der Waals surface area contributed by atoms with E-state index in [9.17, 15) is 4.79 Å². The Labute approximate surface area is 232 Å². The summed E-state index contributed by atoms with van der Waals surface area (Å²) in [6, 6.07) is 36.6. The minimum atomic E-state index is -0.486. The number of rotatable bonds is 5. The summed E-state index contributed by atoms with van der Waals surface area (Å²) >= 11 is 6.61. The van der Waals surface area contributed by atoms with E-state index in [1.807, 2.05) is 54.6 Å². The second-order valence-corrected chi connectivity index (χ2v) is 10.5. The lowest BCUT2D eigenvalue weighted by atomic mass is 9.78. The van der Waals surface area contributed by atoms with Crippen molar-refractivity contribution in [2.24, 2.45) is 0 Å². The Morgan fingerprint density at radius 1 is 0.872 bits per heavy atom. The SMILES string of the molecule is COC1=C2[C@H](c3ccccc3)N(Cc3ccccc3)c3ccc(Cl)cc3[C@H]2[C@@H]2OC(=O)C(c3ccccc3)=C12. The number of fused-ring (bicyclic) bond motifs is 5. The van der Waals surface area contributed by atoms with Gasteiger partial charge in [-0.2, -0.15) is 0 Å². The van der Waals surface area contributed by atoms with Crippen LogP contribution in [0.3, 0.4) is 0 Å². The molecule has 4 aromatic rings. The van der Waals surface area contributed by atoms with Crippen LogP contribution in [-0.2, 0) is 20.8 Å². The molecule has 0 fully saturated rings. The Kier molecular flexibility index (Phi) is 5.79. The van der Waals surface area contributed by atoms with E-state index in [4.69, 9.17) is 21.1 Å². The highest BCUT2D eigenvalue weighted by Crippen LogP contribution is 2.60. The molecule has 0 radical (unpaired) electrons. The number of nitrogens with zero attached hydrogens (tertiary/aromatic N) is 1. The molecule has 39 heavy (non-hydrogen) atoms. The minimum Gasteiger partial charge on any atom is -0.496 e. The highest BCUT2D eigenvalue weighted by atomic mass is 35.5. The summed E-state index contributed by atoms with van der Waals surface area (Å²) in [5.41, 5.74) is 7.78. The molecule has 3 atom stereocenters. The van der Waals surface area contributed by atoms with Gasteiger partial charge in [0.25, 0.3) is 0 Å². The highest BCUT2D eigenvalue weighted by molar-refractivity contribution is 6.30. The molecule has 2 heterocycles. The molecule has 1 aliphatic carbocycles. The monoisotopic (exact) mass is 531 g/mol. The van der Waals surface area contributed by atoms with Crippen LogP contribution in [0.1, 0.15) is 34.2 Å². The predicted molar refractivity (Wildman–Crippen MR) is 153 cm³/mol. The van der Waals surface area contributed by atoms with Crippen molar-refractivity contribution in [3.8, 4) is 0 Å². The van der Waals surface area contributed by atoms with Crippen molar-refractivity contribution in [2.45, 2.75) is 24.6 Å². The zero-order chi connectivity index (χ0) is 26.5. The van der Waals surface area contributed by atoms with Crippen molar-refractivity contribution >= 4 is 28.8 Å². The van der Waals surface area contributed by atoms with Crippen molar-refractivity contribution < 1.29 is 14.3 Å². The van der Waals surface area contributed by atoms with Crippen LogP contribution < -0.4 is 4.90 Å². The van der Waals surface area contributed by atoms with E-state index < -0.39 is 6.10 Å². The second-order valence-electron chi connectivity index (χ2n) is 10.1. The van der Waals surface area contributed by atoms with Crippen LogP contribution in [0.2, 0.25) is 5.02 Å². The Morgan fingerprint density at radius 2 is 1.54 bits per heavy atom. The Bertz CT molecular complexity index is 1630. The molecule has 2 aliphatic heterocycles. The van der Waals surface area contributed by atoms with Gasteiger partial charge in [-0.1, -0.05) is 103 Å². The van der Waals surface area contributed by atoms with Gasteiger partial charge in [-0.05, 0) is 40.5 Å². The fraction of sp³-hybridized carbons (Fsp3) is 0.147. The van der Waals surface area contributed by atoms with E-state index in [1.54, 1.807) is 7.11 Å². The van der Waals surface area contributed by atoms with Crippen LogP contribution in [0.4, 0.5) is 5.69 Å². The molecule has 192 valence electrons.